The molecule has 0 saturated carbocycles. The molecule has 0 aliphatic rings. The fourth-order valence-electron chi connectivity index (χ4n) is 1.70. The van der Waals surface area contributed by atoms with Crippen LogP contribution in [0.15, 0.2) is 49.1 Å². The first kappa shape index (κ1) is 15.0. The van der Waals surface area contributed by atoms with Gasteiger partial charge in [-0.25, -0.2) is 4.42 Å². The van der Waals surface area contributed by atoms with Crippen molar-refractivity contribution in [1.82, 2.24) is 4.42 Å². The van der Waals surface area contributed by atoms with E-state index in [9.17, 15) is 0 Å². The van der Waals surface area contributed by atoms with Gasteiger partial charge in [-0.2, -0.15) is 0 Å². The molecule has 0 fully saturated rings. The summed E-state index contributed by atoms with van der Waals surface area (Å²) in [6.07, 6.45) is 9.33. The zero-order valence-corrected chi connectivity index (χ0v) is 11.8. The summed E-state index contributed by atoms with van der Waals surface area (Å²) in [4.78, 5) is 0. The van der Waals surface area contributed by atoms with Crippen LogP contribution >= 0.6 is 11.8 Å². The second-order valence-electron chi connectivity index (χ2n) is 4.44. The van der Waals surface area contributed by atoms with Crippen molar-refractivity contribution in [2.45, 2.75) is 32.2 Å². The van der Waals surface area contributed by atoms with Gasteiger partial charge >= 0.3 is 0 Å². The lowest BCUT2D eigenvalue weighted by molar-refractivity contribution is 0.349. The minimum Gasteiger partial charge on any atom is -0.217 e. The van der Waals surface area contributed by atoms with Gasteiger partial charge in [-0.05, 0) is 43.5 Å². The lowest BCUT2D eigenvalue weighted by Crippen LogP contribution is -2.24. The molecule has 0 aliphatic heterocycles. The summed E-state index contributed by atoms with van der Waals surface area (Å²) in [6, 6.07) is 10.8. The fraction of sp³-hybridized carbons (Fsp3) is 0.375. The average Bonchev–Trinajstić information content (AvgIpc) is 2.41. The molecule has 0 amide bonds. The fourth-order valence-corrected chi connectivity index (χ4v) is 1.89. The second-order valence-corrected chi connectivity index (χ2v) is 4.87. The van der Waals surface area contributed by atoms with Crippen molar-refractivity contribution in [1.29, 1.82) is 0 Å². The minimum absolute atomic E-state index is 0.395. The number of hydrogen-bond acceptors (Lipinski definition) is 1. The van der Waals surface area contributed by atoms with E-state index >= 15 is 0 Å². The maximum Gasteiger partial charge on any atom is 0.0226 e. The molecule has 2 heteroatoms. The molecule has 0 heterocycles. The standard InChI is InChI=1S/C16H22ClN/c1-3-4-14-18(17)15(2)10-8-9-13-16-11-6-5-7-12-16/h3,5-7,9,11-13,15H,1,4,8,10,14H2,2H3/b13-9+. The average molecular weight is 264 g/mol. The zero-order chi connectivity index (χ0) is 13.2. The van der Waals surface area contributed by atoms with Crippen LogP contribution in [0.25, 0.3) is 6.08 Å². The van der Waals surface area contributed by atoms with Crippen LogP contribution in [-0.2, 0) is 0 Å². The summed E-state index contributed by atoms with van der Waals surface area (Å²) in [5.74, 6) is 0. The monoisotopic (exact) mass is 263 g/mol. The molecular weight excluding hydrogens is 242 g/mol. The molecule has 18 heavy (non-hydrogen) atoms. The molecule has 98 valence electrons. The van der Waals surface area contributed by atoms with Crippen molar-refractivity contribution >= 4 is 17.9 Å². The quantitative estimate of drug-likeness (QED) is 0.476. The van der Waals surface area contributed by atoms with Crippen molar-refractivity contribution in [3.05, 3.63) is 54.6 Å². The number of benzene rings is 1. The van der Waals surface area contributed by atoms with E-state index in [0.717, 1.165) is 25.8 Å². The molecule has 0 spiro atoms. The van der Waals surface area contributed by atoms with Crippen molar-refractivity contribution in [2.75, 3.05) is 6.54 Å². The third-order valence-electron chi connectivity index (χ3n) is 2.89. The topological polar surface area (TPSA) is 3.24 Å². The third kappa shape index (κ3) is 6.04. The van der Waals surface area contributed by atoms with Crippen LogP contribution in [0.5, 0.6) is 0 Å². The molecule has 0 aromatic heterocycles. The van der Waals surface area contributed by atoms with Gasteiger partial charge in [-0.15, -0.1) is 6.58 Å². The van der Waals surface area contributed by atoms with Crippen LogP contribution in [0.1, 0.15) is 31.7 Å². The minimum atomic E-state index is 0.395. The number of halogens is 1. The first-order chi connectivity index (χ1) is 8.74. The molecule has 0 N–H and O–H groups in total. The maximum absolute atomic E-state index is 6.17. The van der Waals surface area contributed by atoms with E-state index in [4.69, 9.17) is 11.8 Å². The predicted molar refractivity (Wildman–Crippen MR) is 81.5 cm³/mol. The van der Waals surface area contributed by atoms with Crippen LogP contribution in [0.4, 0.5) is 0 Å². The second kappa shape index (κ2) is 8.96. The van der Waals surface area contributed by atoms with Crippen molar-refractivity contribution in [3.63, 3.8) is 0 Å². The number of nitrogens with zero attached hydrogens (tertiary/aromatic N) is 1. The number of rotatable bonds is 8. The van der Waals surface area contributed by atoms with Crippen molar-refractivity contribution in [2.24, 2.45) is 0 Å². The van der Waals surface area contributed by atoms with Crippen molar-refractivity contribution < 1.29 is 0 Å². The predicted octanol–water partition coefficient (Wildman–Crippen LogP) is 4.90. The van der Waals surface area contributed by atoms with Crippen LogP contribution in [0.3, 0.4) is 0 Å². The SMILES string of the molecule is C=CCCN(Cl)C(C)CC/C=C/c1ccccc1. The summed E-state index contributed by atoms with van der Waals surface area (Å²) in [5, 5.41) is 0. The molecule has 0 radical (unpaired) electrons. The van der Waals surface area contributed by atoms with Crippen LogP contribution in [0, 0.1) is 0 Å². The molecule has 1 aromatic rings. The molecule has 0 bridgehead atoms. The van der Waals surface area contributed by atoms with E-state index in [1.54, 1.807) is 0 Å². The molecule has 1 rings (SSSR count). The molecule has 1 aromatic carbocycles. The Morgan fingerprint density at radius 2 is 2.00 bits per heavy atom. The van der Waals surface area contributed by atoms with Crippen LogP contribution < -0.4 is 0 Å². The Balaban J connectivity index is 2.24. The first-order valence-corrected chi connectivity index (χ1v) is 6.82. The highest BCUT2D eigenvalue weighted by atomic mass is 35.5. The van der Waals surface area contributed by atoms with E-state index in [0.29, 0.717) is 6.04 Å². The molecule has 1 nitrogen and oxygen atoms in total. The highest BCUT2D eigenvalue weighted by Gasteiger charge is 2.08. The summed E-state index contributed by atoms with van der Waals surface area (Å²) in [7, 11) is 0. The Bertz CT molecular complexity index is 359. The van der Waals surface area contributed by atoms with Gasteiger partial charge in [0.05, 0.1) is 0 Å². The van der Waals surface area contributed by atoms with Gasteiger partial charge in [0.25, 0.3) is 0 Å². The Kier molecular flexibility index (Phi) is 7.47. The lowest BCUT2D eigenvalue weighted by atomic mass is 10.1. The lowest BCUT2D eigenvalue weighted by Gasteiger charge is -2.20. The zero-order valence-electron chi connectivity index (χ0n) is 11.1. The molecule has 1 unspecified atom stereocenters. The van der Waals surface area contributed by atoms with E-state index in [-0.39, 0.29) is 0 Å². The number of hydrogen-bond donors (Lipinski definition) is 0. The van der Waals surface area contributed by atoms with Gasteiger partial charge in [0, 0.05) is 12.6 Å². The Labute approximate surface area is 116 Å². The van der Waals surface area contributed by atoms with Gasteiger partial charge in [-0.1, -0.05) is 48.6 Å². The summed E-state index contributed by atoms with van der Waals surface area (Å²) < 4.78 is 1.87. The van der Waals surface area contributed by atoms with E-state index in [2.05, 4.69) is 49.9 Å². The van der Waals surface area contributed by atoms with E-state index in [1.165, 1.54) is 5.56 Å². The van der Waals surface area contributed by atoms with Crippen molar-refractivity contribution in [3.8, 4) is 0 Å². The molecule has 1 atom stereocenters. The normalized spacial score (nSPS) is 13.1. The van der Waals surface area contributed by atoms with Gasteiger partial charge < -0.3 is 0 Å². The maximum atomic E-state index is 6.17. The number of allylic oxidation sites excluding steroid dienone is 1. The first-order valence-electron chi connectivity index (χ1n) is 6.49. The Morgan fingerprint density at radius 3 is 2.67 bits per heavy atom. The molecule has 0 saturated heterocycles. The summed E-state index contributed by atoms with van der Waals surface area (Å²) >= 11 is 6.17. The van der Waals surface area contributed by atoms with Gasteiger partial charge in [-0.3, -0.25) is 0 Å². The van der Waals surface area contributed by atoms with Gasteiger partial charge in [0.15, 0.2) is 0 Å². The molecular formula is C16H22ClN. The van der Waals surface area contributed by atoms with E-state index < -0.39 is 0 Å². The highest BCUT2D eigenvalue weighted by Crippen LogP contribution is 2.11. The van der Waals surface area contributed by atoms with Gasteiger partial charge in [0.2, 0.25) is 0 Å². The summed E-state index contributed by atoms with van der Waals surface area (Å²) in [5.41, 5.74) is 1.25. The largest absolute Gasteiger partial charge is 0.217 e. The van der Waals surface area contributed by atoms with Crippen LogP contribution in [-0.4, -0.2) is 17.0 Å². The smallest absolute Gasteiger partial charge is 0.0226 e. The third-order valence-corrected chi connectivity index (χ3v) is 3.39. The Morgan fingerprint density at radius 1 is 1.28 bits per heavy atom. The molecule has 0 aliphatic carbocycles. The Hall–Kier alpha value is -1.05. The van der Waals surface area contributed by atoms with E-state index in [1.807, 2.05) is 16.6 Å². The van der Waals surface area contributed by atoms with Crippen LogP contribution in [0.2, 0.25) is 0 Å². The summed E-state index contributed by atoms with van der Waals surface area (Å²) in [6.45, 7) is 6.73. The van der Waals surface area contributed by atoms with Gasteiger partial charge in [0.1, 0.15) is 0 Å². The highest BCUT2D eigenvalue weighted by molar-refractivity contribution is 6.13.